The smallest absolute Gasteiger partial charge is 0.491 e. The predicted molar refractivity (Wildman–Crippen MR) is 174 cm³/mol. The number of ether oxygens (including phenoxy) is 2. The molecule has 0 saturated carbocycles. The lowest BCUT2D eigenvalue weighted by Gasteiger charge is -2.20. The number of carbonyl (C=O) groups excluding carboxylic acids is 2. The van der Waals surface area contributed by atoms with Gasteiger partial charge in [-0.15, -0.1) is 24.5 Å². The number of rotatable bonds is 12. The van der Waals surface area contributed by atoms with E-state index < -0.39 is 53.5 Å². The van der Waals surface area contributed by atoms with Crippen LogP contribution in [0.5, 0.6) is 11.5 Å². The molecule has 0 aliphatic rings. The summed E-state index contributed by atoms with van der Waals surface area (Å²) in [4.78, 5) is 47.5. The fourth-order valence-corrected chi connectivity index (χ4v) is 5.52. The number of aromatic nitrogens is 2. The topological polar surface area (TPSA) is 140 Å². The second-order valence-corrected chi connectivity index (χ2v) is 13.1. The number of hydrogen-bond donors (Lipinski definition) is 3. The zero-order valence-electron chi connectivity index (χ0n) is 27.1. The van der Waals surface area contributed by atoms with Crippen molar-refractivity contribution in [3.63, 3.8) is 0 Å². The van der Waals surface area contributed by atoms with Crippen LogP contribution in [0.2, 0.25) is 0 Å². The molecule has 0 bridgehead atoms. The lowest BCUT2D eigenvalue weighted by molar-refractivity contribution is -0.274. The largest absolute Gasteiger partial charge is 0.573 e. The first-order valence-electron chi connectivity index (χ1n) is 15.0. The summed E-state index contributed by atoms with van der Waals surface area (Å²) >= 11 is 1.30. The number of nitrogens with zero attached hydrogens (tertiary/aromatic N) is 2. The average Bonchev–Trinajstić information content (AvgIpc) is 3.54. The molecule has 2 heterocycles. The molecule has 2 atom stereocenters. The minimum absolute atomic E-state index is 0.00341. The van der Waals surface area contributed by atoms with Crippen LogP contribution >= 0.6 is 11.3 Å². The van der Waals surface area contributed by atoms with E-state index >= 15 is 4.39 Å². The van der Waals surface area contributed by atoms with Crippen LogP contribution in [-0.2, 0) is 21.4 Å². The van der Waals surface area contributed by atoms with Gasteiger partial charge in [0.05, 0.1) is 11.5 Å². The van der Waals surface area contributed by atoms with Gasteiger partial charge in [-0.3, -0.25) is 14.4 Å². The van der Waals surface area contributed by atoms with Crippen molar-refractivity contribution in [2.75, 3.05) is 6.61 Å². The molecule has 0 radical (unpaired) electrons. The Hall–Kier alpha value is -5.05. The fraction of sp³-hybridized carbons (Fsp3) is 0.324. The summed E-state index contributed by atoms with van der Waals surface area (Å²) in [5, 5.41) is 14.4. The molecular weight excluding hydrogens is 668 g/mol. The van der Waals surface area contributed by atoms with Crippen LogP contribution in [0.25, 0.3) is 22.5 Å². The second-order valence-electron chi connectivity index (χ2n) is 12.0. The molecule has 4 rings (SSSR count). The van der Waals surface area contributed by atoms with Crippen molar-refractivity contribution in [1.82, 2.24) is 20.6 Å². The number of benzene rings is 2. The zero-order valence-corrected chi connectivity index (χ0v) is 28.0. The molecule has 10 nitrogen and oxygen atoms in total. The summed E-state index contributed by atoms with van der Waals surface area (Å²) in [6, 6.07) is 9.57. The van der Waals surface area contributed by atoms with Crippen LogP contribution < -0.4 is 20.1 Å². The molecule has 2 aromatic carbocycles. The Bertz CT molecular complexity index is 1810. The molecule has 0 aliphatic carbocycles. The monoisotopic (exact) mass is 702 g/mol. The third kappa shape index (κ3) is 9.75. The van der Waals surface area contributed by atoms with E-state index in [9.17, 15) is 32.7 Å². The summed E-state index contributed by atoms with van der Waals surface area (Å²) in [6.45, 7) is 8.92. The molecule has 260 valence electrons. The second kappa shape index (κ2) is 15.0. The van der Waals surface area contributed by atoms with E-state index in [1.807, 2.05) is 26.8 Å². The average molecular weight is 703 g/mol. The third-order valence-corrected chi connectivity index (χ3v) is 8.59. The van der Waals surface area contributed by atoms with Gasteiger partial charge in [0, 0.05) is 46.4 Å². The Kier molecular flexibility index (Phi) is 11.3. The van der Waals surface area contributed by atoms with Crippen molar-refractivity contribution in [3.05, 3.63) is 82.1 Å². The molecule has 49 heavy (non-hydrogen) atoms. The van der Waals surface area contributed by atoms with Crippen molar-refractivity contribution >= 4 is 29.1 Å². The molecule has 0 unspecified atom stereocenters. The Morgan fingerprint density at radius 3 is 2.16 bits per heavy atom. The number of amides is 2. The molecule has 0 fully saturated rings. The predicted octanol–water partition coefficient (Wildman–Crippen LogP) is 6.54. The minimum atomic E-state index is -5.00. The van der Waals surface area contributed by atoms with Gasteiger partial charge in [0.2, 0.25) is 5.91 Å². The fourth-order valence-electron chi connectivity index (χ4n) is 4.55. The van der Waals surface area contributed by atoms with Gasteiger partial charge in [-0.05, 0) is 43.0 Å². The van der Waals surface area contributed by atoms with Gasteiger partial charge in [0.25, 0.3) is 5.91 Å². The standard InChI is InChI=1S/C34H34F4N4O6S/c1-6-47-25-15-22(48-34(36,37)38)14-23(28(25)35)21-16-39-29(40-17-21)20-9-7-19(8-10-20)13-24(30(43)41-18(2)32(45)46)42-31(44)26-11-12-27(49-26)33(3,4)5/h7-12,14-18,24H,6,13H2,1-5H3,(H,41,43)(H,42,44)(H,45,46)/t18-,24+/m1/s1. The van der Waals surface area contributed by atoms with Crippen LogP contribution in [0.4, 0.5) is 17.6 Å². The van der Waals surface area contributed by atoms with E-state index in [0.29, 0.717) is 16.0 Å². The van der Waals surface area contributed by atoms with Crippen LogP contribution in [-0.4, -0.2) is 57.9 Å². The van der Waals surface area contributed by atoms with Crippen LogP contribution in [0.15, 0.2) is 60.9 Å². The van der Waals surface area contributed by atoms with Gasteiger partial charge in [0.15, 0.2) is 17.4 Å². The van der Waals surface area contributed by atoms with Crippen molar-refractivity contribution < 1.29 is 46.5 Å². The lowest BCUT2D eigenvalue weighted by Crippen LogP contribution is -2.51. The van der Waals surface area contributed by atoms with E-state index in [1.165, 1.54) is 30.7 Å². The van der Waals surface area contributed by atoms with Crippen molar-refractivity contribution in [2.24, 2.45) is 0 Å². The number of carboxylic acid groups (broad SMARTS) is 1. The van der Waals surface area contributed by atoms with E-state index in [0.717, 1.165) is 17.0 Å². The summed E-state index contributed by atoms with van der Waals surface area (Å²) in [5.41, 5.74) is 0.790. The van der Waals surface area contributed by atoms with Gasteiger partial charge >= 0.3 is 12.3 Å². The number of alkyl halides is 3. The van der Waals surface area contributed by atoms with Crippen LogP contribution in [0.3, 0.4) is 0 Å². The number of hydrogen-bond acceptors (Lipinski definition) is 8. The van der Waals surface area contributed by atoms with Gasteiger partial charge < -0.3 is 25.2 Å². The van der Waals surface area contributed by atoms with Crippen molar-refractivity contribution in [1.29, 1.82) is 0 Å². The molecule has 0 saturated heterocycles. The first kappa shape index (κ1) is 36.8. The Labute approximate surface area is 283 Å². The van der Waals surface area contributed by atoms with Crippen LogP contribution in [0, 0.1) is 5.82 Å². The van der Waals surface area contributed by atoms with Gasteiger partial charge in [-0.25, -0.2) is 14.4 Å². The highest BCUT2D eigenvalue weighted by atomic mass is 32.1. The summed E-state index contributed by atoms with van der Waals surface area (Å²) < 4.78 is 62.9. The maximum absolute atomic E-state index is 15.1. The molecule has 0 spiro atoms. The Morgan fingerprint density at radius 2 is 1.61 bits per heavy atom. The molecule has 3 N–H and O–H groups in total. The number of carboxylic acids is 1. The molecular formula is C34H34F4N4O6S. The highest BCUT2D eigenvalue weighted by molar-refractivity contribution is 7.14. The minimum Gasteiger partial charge on any atom is -0.491 e. The Balaban J connectivity index is 1.54. The number of aliphatic carboxylic acids is 1. The highest BCUT2D eigenvalue weighted by Crippen LogP contribution is 2.36. The van der Waals surface area contributed by atoms with Crippen molar-refractivity contribution in [3.8, 4) is 34.0 Å². The van der Waals surface area contributed by atoms with E-state index in [1.54, 1.807) is 37.3 Å². The summed E-state index contributed by atoms with van der Waals surface area (Å²) in [7, 11) is 0. The summed E-state index contributed by atoms with van der Waals surface area (Å²) in [5.74, 6) is -4.18. The van der Waals surface area contributed by atoms with Gasteiger partial charge in [0.1, 0.15) is 17.8 Å². The number of halogens is 4. The maximum Gasteiger partial charge on any atom is 0.573 e. The first-order valence-corrected chi connectivity index (χ1v) is 15.8. The third-order valence-electron chi connectivity index (χ3n) is 7.08. The van der Waals surface area contributed by atoms with E-state index in [-0.39, 0.29) is 35.4 Å². The summed E-state index contributed by atoms with van der Waals surface area (Å²) in [6.07, 6.45) is -2.48. The first-order chi connectivity index (χ1) is 22.9. The van der Waals surface area contributed by atoms with Crippen molar-refractivity contribution in [2.45, 2.75) is 64.9 Å². The molecule has 2 amide bonds. The van der Waals surface area contributed by atoms with Gasteiger partial charge in [-0.2, -0.15) is 0 Å². The molecule has 2 aromatic heterocycles. The number of thiophene rings is 1. The quantitative estimate of drug-likeness (QED) is 0.142. The van der Waals surface area contributed by atoms with Crippen LogP contribution in [0.1, 0.15) is 54.7 Å². The SMILES string of the molecule is CCOc1cc(OC(F)(F)F)cc(-c2cnc(-c3ccc(C[C@H](NC(=O)c4ccc(C(C)(C)C)s4)C(=O)N[C@H](C)C(=O)O)cc3)nc2)c1F. The molecule has 15 heteroatoms. The Morgan fingerprint density at radius 1 is 0.959 bits per heavy atom. The zero-order chi connectivity index (χ0) is 36.1. The van der Waals surface area contributed by atoms with E-state index in [2.05, 4.69) is 25.3 Å². The van der Waals surface area contributed by atoms with E-state index in [4.69, 9.17) is 4.74 Å². The highest BCUT2D eigenvalue weighted by Gasteiger charge is 2.32. The number of nitrogens with one attached hydrogen (secondary N) is 2. The molecule has 0 aliphatic heterocycles. The number of carbonyl (C=O) groups is 3. The lowest BCUT2D eigenvalue weighted by atomic mass is 9.95. The maximum atomic E-state index is 15.1. The normalized spacial score (nSPS) is 12.9. The molecule has 4 aromatic rings. The van der Waals surface area contributed by atoms with Gasteiger partial charge in [-0.1, -0.05) is 45.0 Å².